The number of amides is 2. The van der Waals surface area contributed by atoms with Crippen LogP contribution in [0.2, 0.25) is 0 Å². The van der Waals surface area contributed by atoms with Crippen LogP contribution in [0.3, 0.4) is 0 Å². The molecule has 3 aromatic rings. The van der Waals surface area contributed by atoms with Crippen LogP contribution in [0.25, 0.3) is 11.0 Å². The van der Waals surface area contributed by atoms with Crippen molar-refractivity contribution in [3.8, 4) is 0 Å². The summed E-state index contributed by atoms with van der Waals surface area (Å²) in [6.45, 7) is 4.41. The second-order valence-electron chi connectivity index (χ2n) is 11.7. The summed E-state index contributed by atoms with van der Waals surface area (Å²) in [6.07, 6.45) is 3.70. The Balaban J connectivity index is 1.24. The van der Waals surface area contributed by atoms with Crippen molar-refractivity contribution >= 4 is 74.7 Å². The van der Waals surface area contributed by atoms with Gasteiger partial charge in [0, 0.05) is 35.0 Å². The molecule has 0 bridgehead atoms. The van der Waals surface area contributed by atoms with Crippen LogP contribution in [0, 0.1) is 0 Å². The number of nitrogens with one attached hydrogen (secondary N) is 2. The molecule has 6 rings (SSSR count). The molecule has 248 valence electrons. The van der Waals surface area contributed by atoms with Crippen molar-refractivity contribution in [1.82, 2.24) is 29.5 Å². The molecule has 0 saturated carbocycles. The minimum Gasteiger partial charge on any atom is -0.543 e. The quantitative estimate of drug-likeness (QED) is 0.0711. The molecule has 6 heterocycles. The van der Waals surface area contributed by atoms with E-state index in [1.165, 1.54) is 25.6 Å². The molecule has 2 fully saturated rings. The molecule has 3 aromatic heterocycles. The second-order valence-corrected chi connectivity index (χ2v) is 13.6. The smallest absolute Gasteiger partial charge is 0.350 e. The Labute approximate surface area is 275 Å². The van der Waals surface area contributed by atoms with Crippen molar-refractivity contribution in [3.05, 3.63) is 41.5 Å². The summed E-state index contributed by atoms with van der Waals surface area (Å²) in [5.74, 6) is -3.85. The monoisotopic (exact) mass is 684 g/mol. The fourth-order valence-electron chi connectivity index (χ4n) is 5.79. The van der Waals surface area contributed by atoms with Crippen molar-refractivity contribution in [1.29, 1.82) is 0 Å². The highest BCUT2D eigenvalue weighted by Crippen LogP contribution is 2.40. The van der Waals surface area contributed by atoms with Crippen molar-refractivity contribution < 1.29 is 38.8 Å². The summed E-state index contributed by atoms with van der Waals surface area (Å²) in [6, 6.07) is 4.84. The van der Waals surface area contributed by atoms with Crippen LogP contribution in [0.15, 0.2) is 40.8 Å². The Morgan fingerprint density at radius 3 is 2.70 bits per heavy atom. The van der Waals surface area contributed by atoms with Gasteiger partial charge in [0.15, 0.2) is 17.9 Å². The number of aliphatic carboxylic acids is 2. The number of oxime groups is 1. The Kier molecular flexibility index (Phi) is 8.53. The fraction of sp³-hybridized carbons (Fsp3) is 0.429. The molecule has 2 amide bonds. The number of carbonyl (C=O) groups excluding carboxylic acids is 3. The lowest BCUT2D eigenvalue weighted by atomic mass is 10.0. The van der Waals surface area contributed by atoms with Gasteiger partial charge in [0.05, 0.1) is 17.7 Å². The molecule has 3 aliphatic rings. The number of carboxylic acid groups (broad SMARTS) is 2. The summed E-state index contributed by atoms with van der Waals surface area (Å²) in [4.78, 5) is 60.8. The van der Waals surface area contributed by atoms with Gasteiger partial charge in [0.2, 0.25) is 22.7 Å². The molecule has 2 unspecified atom stereocenters. The van der Waals surface area contributed by atoms with E-state index in [4.69, 9.17) is 16.3 Å². The molecule has 0 spiro atoms. The number of nitrogens with zero attached hydrogens (tertiary/aromatic N) is 6. The van der Waals surface area contributed by atoms with E-state index in [1.807, 2.05) is 29.0 Å². The number of fused-ring (bicyclic) bond motifs is 2. The Morgan fingerprint density at radius 2 is 2.04 bits per heavy atom. The predicted molar refractivity (Wildman–Crippen MR) is 168 cm³/mol. The number of rotatable bonds is 10. The first-order valence-electron chi connectivity index (χ1n) is 14.6. The number of β-lactam (4-membered cyclic amide) rings is 1. The molecule has 0 aliphatic carbocycles. The van der Waals surface area contributed by atoms with E-state index in [0.717, 1.165) is 53.4 Å². The first kappa shape index (κ1) is 32.2. The molecule has 2 saturated heterocycles. The number of aromatic nitrogens is 4. The third kappa shape index (κ3) is 5.96. The molecule has 2 atom stereocenters. The van der Waals surface area contributed by atoms with Crippen LogP contribution in [-0.2, 0) is 30.6 Å². The molecule has 3 aliphatic heterocycles. The fourth-order valence-corrected chi connectivity index (χ4v) is 7.56. The van der Waals surface area contributed by atoms with Gasteiger partial charge in [-0.05, 0) is 45.8 Å². The Hall–Kier alpha value is -4.75. The van der Waals surface area contributed by atoms with Crippen LogP contribution in [0.5, 0.6) is 0 Å². The summed E-state index contributed by atoms with van der Waals surface area (Å²) >= 11 is 2.05. The number of carboxylic acids is 2. The van der Waals surface area contributed by atoms with Gasteiger partial charge in [0.1, 0.15) is 22.8 Å². The zero-order valence-electron chi connectivity index (χ0n) is 25.3. The third-order valence-corrected chi connectivity index (χ3v) is 10.1. The highest BCUT2D eigenvalue weighted by atomic mass is 32.2. The second kappa shape index (κ2) is 12.5. The third-order valence-electron chi connectivity index (χ3n) is 8.23. The molecule has 0 aromatic carbocycles. The van der Waals surface area contributed by atoms with E-state index >= 15 is 0 Å². The number of hydrogen-bond donors (Lipinski definition) is 5. The zero-order valence-corrected chi connectivity index (χ0v) is 27.0. The highest BCUT2D eigenvalue weighted by molar-refractivity contribution is 8.00. The van der Waals surface area contributed by atoms with Gasteiger partial charge in [-0.2, -0.15) is 13.9 Å². The summed E-state index contributed by atoms with van der Waals surface area (Å²) in [5.41, 5.74) is 11.8. The topological polar surface area (TPSA) is 247 Å². The predicted octanol–water partition coefficient (Wildman–Crippen LogP) is -1.44. The van der Waals surface area contributed by atoms with Crippen molar-refractivity contribution in [3.63, 3.8) is 0 Å². The van der Waals surface area contributed by atoms with Gasteiger partial charge in [-0.25, -0.2) is 4.79 Å². The molecule has 7 N–H and O–H groups in total. The minimum absolute atomic E-state index is 0.0158. The van der Waals surface area contributed by atoms with E-state index in [-0.39, 0.29) is 35.0 Å². The van der Waals surface area contributed by atoms with E-state index in [1.54, 1.807) is 0 Å². The molecule has 17 nitrogen and oxygen atoms in total. The Morgan fingerprint density at radius 1 is 1.30 bits per heavy atom. The van der Waals surface area contributed by atoms with Gasteiger partial charge < -0.3 is 46.5 Å². The number of piperidine rings is 1. The normalized spacial score (nSPS) is 20.6. The number of carbonyl (C=O) groups is 4. The van der Waals surface area contributed by atoms with Crippen LogP contribution >= 0.6 is 23.3 Å². The van der Waals surface area contributed by atoms with E-state index in [2.05, 4.69) is 29.7 Å². The molecular weight excluding hydrogens is 653 g/mol. The number of anilines is 2. The summed E-state index contributed by atoms with van der Waals surface area (Å²) in [5, 5.41) is 30.7. The number of pyridine rings is 1. The molecule has 47 heavy (non-hydrogen) atoms. The largest absolute Gasteiger partial charge is 0.543 e. The van der Waals surface area contributed by atoms with Crippen LogP contribution in [-0.4, -0.2) is 89.3 Å². The SMILES string of the molecule is CC(C)(O/N=C(\C(=O)NC1C(=O)N2C(C(=O)[O-])=C(C[n+]3cccc4c3cc(N)n4C3CCNCC3)CSC12)c1nsc(N)n1)C(=O)O. The summed E-state index contributed by atoms with van der Waals surface area (Å²) < 4.78 is 7.98. The van der Waals surface area contributed by atoms with Gasteiger partial charge >= 0.3 is 5.97 Å². The maximum Gasteiger partial charge on any atom is 0.350 e. The standard InChI is InChI=1S/C28H32N10O7S2/c1-28(2,26(43)44)45-34-18(21-33-27(30)47-35-21)22(39)32-19-23(40)38-20(25(41)42)13(12-46-24(19)38)11-36-9-3-4-15-16(36)10-17(29)37(15)14-5-7-31-8-6-14/h3-4,9-10,14,19,24,29,31H,5-8,11-12H2,1-2H3,(H5,30,32,33,35,39,41,42,43,44)/b34-18-. The van der Waals surface area contributed by atoms with Gasteiger partial charge in [-0.15, -0.1) is 11.8 Å². The highest BCUT2D eigenvalue weighted by Gasteiger charge is 2.53. The lowest BCUT2D eigenvalue weighted by Gasteiger charge is -2.50. The lowest BCUT2D eigenvalue weighted by Crippen LogP contribution is -2.71. The average molecular weight is 685 g/mol. The van der Waals surface area contributed by atoms with Crippen molar-refractivity contribution in [2.24, 2.45) is 5.16 Å². The minimum atomic E-state index is -1.80. The van der Waals surface area contributed by atoms with Gasteiger partial charge in [-0.3, -0.25) is 14.5 Å². The van der Waals surface area contributed by atoms with Gasteiger partial charge in [0.25, 0.3) is 11.8 Å². The molecule has 0 radical (unpaired) electrons. The number of thioether (sulfide) groups is 1. The molecular formula is C28H32N10O7S2. The van der Waals surface area contributed by atoms with E-state index in [9.17, 15) is 29.4 Å². The summed E-state index contributed by atoms with van der Waals surface area (Å²) in [7, 11) is 0. The van der Waals surface area contributed by atoms with Crippen molar-refractivity contribution in [2.75, 3.05) is 30.3 Å². The van der Waals surface area contributed by atoms with Gasteiger partial charge in [-0.1, -0.05) is 5.16 Å². The first-order chi connectivity index (χ1) is 22.4. The van der Waals surface area contributed by atoms with E-state index < -0.39 is 46.5 Å². The first-order valence-corrected chi connectivity index (χ1v) is 16.5. The molecule has 19 heteroatoms. The average Bonchev–Trinajstić information content (AvgIpc) is 3.62. The Bertz CT molecular complexity index is 1850. The lowest BCUT2D eigenvalue weighted by molar-refractivity contribution is -0.663. The van der Waals surface area contributed by atoms with Crippen molar-refractivity contribution in [2.45, 2.75) is 56.3 Å². The van der Waals surface area contributed by atoms with E-state index in [0.29, 0.717) is 11.4 Å². The van der Waals surface area contributed by atoms with Crippen LogP contribution < -0.4 is 31.8 Å². The number of nitrogen functional groups attached to an aromatic ring is 2. The van der Waals surface area contributed by atoms with Crippen LogP contribution in [0.4, 0.5) is 10.9 Å². The number of hydrogen-bond acceptors (Lipinski definition) is 14. The maximum absolute atomic E-state index is 13.4. The maximum atomic E-state index is 13.4. The van der Waals surface area contributed by atoms with Crippen LogP contribution in [0.1, 0.15) is 38.6 Å². The zero-order chi connectivity index (χ0) is 33.6. The number of nitrogens with two attached hydrogens (primary N) is 2.